The monoisotopic (exact) mass is 219 g/mol. The first-order valence-electron chi connectivity index (χ1n) is 5.87. The molecule has 1 aromatic carbocycles. The van der Waals surface area contributed by atoms with Crippen molar-refractivity contribution >= 4 is 0 Å². The molecule has 1 atom stereocenters. The highest BCUT2D eigenvalue weighted by Crippen LogP contribution is 2.38. The number of fused-ring (bicyclic) bond motifs is 1. The summed E-state index contributed by atoms with van der Waals surface area (Å²) < 4.78 is 11.3. The van der Waals surface area contributed by atoms with E-state index in [0.717, 1.165) is 31.1 Å². The number of nitrogens with one attached hydrogen (secondary N) is 1. The molecule has 3 heteroatoms. The van der Waals surface area contributed by atoms with Crippen LogP contribution in [0.2, 0.25) is 0 Å². The predicted octanol–water partition coefficient (Wildman–Crippen LogP) is 1.75. The standard InChI is InChI=1S/C13H17NO2/c1-15-11-4-2-5-12-10(11)8-13(9-16-12)6-3-7-14-13/h2,4-5,14H,3,6-9H2,1H3. The predicted molar refractivity (Wildman–Crippen MR) is 62.2 cm³/mol. The molecule has 0 aromatic heterocycles. The van der Waals surface area contributed by atoms with Crippen LogP contribution in [-0.4, -0.2) is 25.8 Å². The molecule has 2 aliphatic heterocycles. The van der Waals surface area contributed by atoms with E-state index in [4.69, 9.17) is 9.47 Å². The fourth-order valence-corrected chi connectivity index (χ4v) is 2.79. The minimum Gasteiger partial charge on any atom is -0.496 e. The van der Waals surface area contributed by atoms with E-state index in [1.807, 2.05) is 18.2 Å². The van der Waals surface area contributed by atoms with E-state index in [1.165, 1.54) is 18.4 Å². The zero-order chi connectivity index (χ0) is 11.0. The summed E-state index contributed by atoms with van der Waals surface area (Å²) in [7, 11) is 1.72. The summed E-state index contributed by atoms with van der Waals surface area (Å²) in [6, 6.07) is 6.02. The molecule has 16 heavy (non-hydrogen) atoms. The van der Waals surface area contributed by atoms with E-state index in [0.29, 0.717) is 0 Å². The number of benzene rings is 1. The molecule has 86 valence electrons. The number of hydrogen-bond donors (Lipinski definition) is 1. The lowest BCUT2D eigenvalue weighted by molar-refractivity contribution is 0.170. The van der Waals surface area contributed by atoms with Gasteiger partial charge >= 0.3 is 0 Å². The largest absolute Gasteiger partial charge is 0.496 e. The van der Waals surface area contributed by atoms with Crippen LogP contribution < -0.4 is 14.8 Å². The second-order valence-electron chi connectivity index (χ2n) is 4.71. The molecule has 1 N–H and O–H groups in total. The molecule has 0 bridgehead atoms. The molecule has 0 saturated carbocycles. The van der Waals surface area contributed by atoms with Gasteiger partial charge in [-0.3, -0.25) is 0 Å². The molecule has 1 unspecified atom stereocenters. The van der Waals surface area contributed by atoms with Crippen LogP contribution in [0.4, 0.5) is 0 Å². The minimum atomic E-state index is 0.154. The van der Waals surface area contributed by atoms with Gasteiger partial charge in [-0.05, 0) is 31.5 Å². The normalized spacial score (nSPS) is 27.6. The highest BCUT2D eigenvalue weighted by Gasteiger charge is 2.39. The number of methoxy groups -OCH3 is 1. The summed E-state index contributed by atoms with van der Waals surface area (Å²) in [5.74, 6) is 1.93. The first-order valence-corrected chi connectivity index (χ1v) is 5.87. The smallest absolute Gasteiger partial charge is 0.126 e. The molecule has 0 aliphatic carbocycles. The average molecular weight is 219 g/mol. The van der Waals surface area contributed by atoms with Crippen LogP contribution in [0, 0.1) is 0 Å². The number of ether oxygens (including phenoxy) is 2. The second-order valence-corrected chi connectivity index (χ2v) is 4.71. The molecular weight excluding hydrogens is 202 g/mol. The molecule has 3 nitrogen and oxygen atoms in total. The van der Waals surface area contributed by atoms with Crippen molar-refractivity contribution in [3.8, 4) is 11.5 Å². The van der Waals surface area contributed by atoms with Crippen LogP contribution in [0.1, 0.15) is 18.4 Å². The summed E-state index contributed by atoms with van der Waals surface area (Å²) in [6.45, 7) is 1.89. The van der Waals surface area contributed by atoms with Crippen molar-refractivity contribution < 1.29 is 9.47 Å². The Balaban J connectivity index is 1.97. The van der Waals surface area contributed by atoms with Crippen molar-refractivity contribution in [3.63, 3.8) is 0 Å². The van der Waals surface area contributed by atoms with Crippen molar-refractivity contribution in [2.45, 2.75) is 24.8 Å². The van der Waals surface area contributed by atoms with Gasteiger partial charge in [0.25, 0.3) is 0 Å². The van der Waals surface area contributed by atoms with E-state index in [1.54, 1.807) is 7.11 Å². The molecule has 1 spiro atoms. The lowest BCUT2D eigenvalue weighted by Crippen LogP contribution is -2.49. The van der Waals surface area contributed by atoms with Gasteiger partial charge in [-0.2, -0.15) is 0 Å². The van der Waals surface area contributed by atoms with Crippen LogP contribution in [-0.2, 0) is 6.42 Å². The van der Waals surface area contributed by atoms with E-state index in [-0.39, 0.29) is 5.54 Å². The molecule has 2 heterocycles. The van der Waals surface area contributed by atoms with Gasteiger partial charge in [0.2, 0.25) is 0 Å². The molecule has 0 radical (unpaired) electrons. The molecule has 1 aromatic rings. The van der Waals surface area contributed by atoms with Crippen molar-refractivity contribution in [3.05, 3.63) is 23.8 Å². The molecule has 1 saturated heterocycles. The highest BCUT2D eigenvalue weighted by molar-refractivity contribution is 5.47. The third-order valence-electron chi connectivity index (χ3n) is 3.66. The van der Waals surface area contributed by atoms with Crippen LogP contribution in [0.25, 0.3) is 0 Å². The first kappa shape index (κ1) is 9.97. The lowest BCUT2D eigenvalue weighted by Gasteiger charge is -2.35. The van der Waals surface area contributed by atoms with Gasteiger partial charge in [-0.1, -0.05) is 6.07 Å². The van der Waals surface area contributed by atoms with Gasteiger partial charge < -0.3 is 14.8 Å². The van der Waals surface area contributed by atoms with Crippen molar-refractivity contribution in [1.29, 1.82) is 0 Å². The van der Waals surface area contributed by atoms with Crippen molar-refractivity contribution in [2.75, 3.05) is 20.3 Å². The maximum atomic E-state index is 5.86. The summed E-state index contributed by atoms with van der Waals surface area (Å²) in [6.07, 6.45) is 3.46. The third kappa shape index (κ3) is 1.47. The maximum Gasteiger partial charge on any atom is 0.126 e. The average Bonchev–Trinajstić information content (AvgIpc) is 2.77. The zero-order valence-corrected chi connectivity index (χ0v) is 9.58. The van der Waals surface area contributed by atoms with Gasteiger partial charge in [-0.15, -0.1) is 0 Å². The quantitative estimate of drug-likeness (QED) is 0.780. The van der Waals surface area contributed by atoms with Crippen LogP contribution in [0.3, 0.4) is 0 Å². The Morgan fingerprint density at radius 1 is 1.44 bits per heavy atom. The molecular formula is C13H17NO2. The van der Waals surface area contributed by atoms with E-state index >= 15 is 0 Å². The summed E-state index contributed by atoms with van der Waals surface area (Å²) in [5.41, 5.74) is 1.37. The summed E-state index contributed by atoms with van der Waals surface area (Å²) in [5, 5.41) is 3.58. The Morgan fingerprint density at radius 3 is 3.12 bits per heavy atom. The minimum absolute atomic E-state index is 0.154. The number of hydrogen-bond acceptors (Lipinski definition) is 3. The van der Waals surface area contributed by atoms with Crippen molar-refractivity contribution in [2.24, 2.45) is 0 Å². The van der Waals surface area contributed by atoms with E-state index < -0.39 is 0 Å². The molecule has 2 aliphatic rings. The Morgan fingerprint density at radius 2 is 2.38 bits per heavy atom. The van der Waals surface area contributed by atoms with Crippen LogP contribution in [0.15, 0.2) is 18.2 Å². The van der Waals surface area contributed by atoms with Crippen LogP contribution in [0.5, 0.6) is 11.5 Å². The van der Waals surface area contributed by atoms with Gasteiger partial charge in [0.15, 0.2) is 0 Å². The zero-order valence-electron chi connectivity index (χ0n) is 9.58. The van der Waals surface area contributed by atoms with Crippen molar-refractivity contribution in [1.82, 2.24) is 5.32 Å². The SMILES string of the molecule is COc1cccc2c1CC1(CCCN1)CO2. The molecule has 0 amide bonds. The van der Waals surface area contributed by atoms with Gasteiger partial charge in [-0.25, -0.2) is 0 Å². The maximum absolute atomic E-state index is 5.86. The molecule has 1 fully saturated rings. The third-order valence-corrected chi connectivity index (χ3v) is 3.66. The number of rotatable bonds is 1. The summed E-state index contributed by atoms with van der Waals surface area (Å²) in [4.78, 5) is 0. The van der Waals surface area contributed by atoms with Gasteiger partial charge in [0.05, 0.1) is 12.6 Å². The van der Waals surface area contributed by atoms with Gasteiger partial charge in [0.1, 0.15) is 18.1 Å². The van der Waals surface area contributed by atoms with Crippen LogP contribution >= 0.6 is 0 Å². The Bertz CT molecular complexity index is 383. The Kier molecular flexibility index (Phi) is 2.28. The van der Waals surface area contributed by atoms with E-state index in [2.05, 4.69) is 5.32 Å². The topological polar surface area (TPSA) is 30.5 Å². The second kappa shape index (κ2) is 3.67. The van der Waals surface area contributed by atoms with Gasteiger partial charge in [0, 0.05) is 12.0 Å². The van der Waals surface area contributed by atoms with E-state index in [9.17, 15) is 0 Å². The fraction of sp³-hybridized carbons (Fsp3) is 0.538. The highest BCUT2D eigenvalue weighted by atomic mass is 16.5. The molecule has 3 rings (SSSR count). The Labute approximate surface area is 95.8 Å². The summed E-state index contributed by atoms with van der Waals surface area (Å²) >= 11 is 0. The lowest BCUT2D eigenvalue weighted by atomic mass is 9.87. The first-order chi connectivity index (χ1) is 7.83. The fourth-order valence-electron chi connectivity index (χ4n) is 2.79. The Hall–Kier alpha value is -1.22.